The van der Waals surface area contributed by atoms with Crippen LogP contribution in [0.1, 0.15) is 71.1 Å². The number of aliphatic hydroxyl groups excluding tert-OH is 1. The fourth-order valence-electron chi connectivity index (χ4n) is 13.9. The van der Waals surface area contributed by atoms with Crippen LogP contribution in [0.5, 0.6) is 0 Å². The van der Waals surface area contributed by atoms with Crippen molar-refractivity contribution in [2.45, 2.75) is 88.9 Å². The molecule has 2 spiro atoms. The first kappa shape index (κ1) is 31.2. The molecule has 6 N–H and O–H groups in total. The summed E-state index contributed by atoms with van der Waals surface area (Å²) in [7, 11) is 1.76. The molecule has 0 aromatic carbocycles. The molecule has 0 aromatic heterocycles. The van der Waals surface area contributed by atoms with E-state index in [2.05, 4.69) is 41.5 Å². The molecule has 6 fully saturated rings. The van der Waals surface area contributed by atoms with E-state index in [4.69, 9.17) is 10.5 Å². The first-order valence-electron chi connectivity index (χ1n) is 18.3. The molecule has 0 radical (unpaired) electrons. The van der Waals surface area contributed by atoms with E-state index in [1.165, 1.54) is 4.90 Å². The van der Waals surface area contributed by atoms with Gasteiger partial charge in [-0.1, -0.05) is 36.8 Å². The Balaban J connectivity index is 1.28. The third-order valence-electron chi connectivity index (χ3n) is 15.3. The molecule has 252 valence electrons. The maximum atomic E-state index is 13.6. The number of carbonyl (C=O) groups is 1. The number of piperidine rings is 1. The zero-order valence-electron chi connectivity index (χ0n) is 27.7. The number of nitrogens with one attached hydrogen (secondary N) is 2. The van der Waals surface area contributed by atoms with E-state index in [1.807, 2.05) is 0 Å². The summed E-state index contributed by atoms with van der Waals surface area (Å²) in [5.41, 5.74) is 5.30. The number of guanidine groups is 1. The lowest BCUT2D eigenvalue weighted by Crippen LogP contribution is -3.19. The van der Waals surface area contributed by atoms with Crippen molar-refractivity contribution >= 4 is 11.9 Å². The normalized spacial score (nSPS) is 50.5. The molecule has 4 saturated carbocycles. The average molecular weight is 635 g/mol. The van der Waals surface area contributed by atoms with Gasteiger partial charge in [0.25, 0.3) is 5.96 Å². The van der Waals surface area contributed by atoms with Crippen LogP contribution in [0.3, 0.4) is 0 Å². The van der Waals surface area contributed by atoms with Crippen LogP contribution in [0.2, 0.25) is 0 Å². The summed E-state index contributed by atoms with van der Waals surface area (Å²) in [6, 6.07) is 0. The Kier molecular flexibility index (Phi) is 7.46. The van der Waals surface area contributed by atoms with Crippen LogP contribution in [-0.4, -0.2) is 79.8 Å². The molecule has 2 bridgehead atoms. The summed E-state index contributed by atoms with van der Waals surface area (Å²) in [4.78, 5) is 19.2. The van der Waals surface area contributed by atoms with Gasteiger partial charge >= 0.3 is 0 Å². The fraction of sp³-hybridized carbons (Fsp3) is 0.784. The number of likely N-dealkylation sites (tertiary alicyclic amines) is 1. The standard InChI is InChI=1S/C37H54N4O5/c1-22-7-11-25-19-27-30(32(43)44)37(45,29-12-10-24-9-8-23-5-3-4-6-26(23)31(24)46-29)28-13-14-34(20-40-16-18-42)15-17-41(33(38)39-2)21-35(25,34)36(22,27)28/h3-6,22-26,28-29,31,40,42,45H,7-21H2,1-2H3,(H2,38,39)(H,43,44)/t22-,23+,24-,25-,26+,28+,29+,31+,34+,35-,36+,37+/m1/s1. The SMILES string of the molecule is CN=C(N)[NH+]1CC[C@]2(CNCCO)CC[C@@H]3[C@](O)([C@@H]4CC[C@H]5CC[C@@H]6C=CC=C[C@@H]6[C@H]5O4)C(C(=O)[O-])=C4C[C@H]5CC[C@@H](C)[C@]43[C@]52C1. The highest BCUT2D eigenvalue weighted by atomic mass is 16.5. The second kappa shape index (κ2) is 11.0. The van der Waals surface area contributed by atoms with Crippen LogP contribution in [0.25, 0.3) is 0 Å². The number of carboxylic acids is 1. The van der Waals surface area contributed by atoms with Gasteiger partial charge in [0.1, 0.15) is 5.60 Å². The number of carboxylic acid groups (broad SMARTS) is 1. The van der Waals surface area contributed by atoms with Crippen LogP contribution < -0.4 is 21.1 Å². The van der Waals surface area contributed by atoms with Gasteiger partial charge in [0.2, 0.25) is 0 Å². The van der Waals surface area contributed by atoms with Crippen molar-refractivity contribution in [2.75, 3.05) is 39.8 Å². The molecule has 46 heavy (non-hydrogen) atoms. The molecule has 1 unspecified atom stereocenters. The van der Waals surface area contributed by atoms with Crippen molar-refractivity contribution in [3.05, 3.63) is 35.5 Å². The number of fused-ring (bicyclic) bond motifs is 3. The number of allylic oxidation sites excluding steroid dienone is 4. The number of nitrogens with two attached hydrogens (primary N) is 1. The van der Waals surface area contributed by atoms with Crippen LogP contribution >= 0.6 is 0 Å². The third-order valence-corrected chi connectivity index (χ3v) is 15.3. The number of aliphatic carboxylic acids is 1. The molecule has 2 saturated heterocycles. The van der Waals surface area contributed by atoms with Gasteiger partial charge in [-0.05, 0) is 81.5 Å². The molecular weight excluding hydrogens is 580 g/mol. The smallest absolute Gasteiger partial charge is 0.293 e. The van der Waals surface area contributed by atoms with Gasteiger partial charge in [-0.15, -0.1) is 0 Å². The van der Waals surface area contributed by atoms with Crippen molar-refractivity contribution < 1.29 is 29.8 Å². The highest BCUT2D eigenvalue weighted by Crippen LogP contribution is 2.84. The quantitative estimate of drug-likeness (QED) is 0.165. The van der Waals surface area contributed by atoms with Crippen molar-refractivity contribution in [2.24, 2.45) is 62.5 Å². The van der Waals surface area contributed by atoms with E-state index < -0.39 is 23.1 Å². The van der Waals surface area contributed by atoms with Gasteiger partial charge < -0.3 is 35.9 Å². The second-order valence-electron chi connectivity index (χ2n) is 16.4. The first-order valence-corrected chi connectivity index (χ1v) is 18.3. The third kappa shape index (κ3) is 3.75. The average Bonchev–Trinajstić information content (AvgIpc) is 3.42. The number of aliphatic imine (C=N–C) groups is 1. The van der Waals surface area contributed by atoms with Gasteiger partial charge in [-0.2, -0.15) is 0 Å². The van der Waals surface area contributed by atoms with E-state index in [9.17, 15) is 20.1 Å². The van der Waals surface area contributed by atoms with Crippen LogP contribution in [-0.2, 0) is 9.53 Å². The summed E-state index contributed by atoms with van der Waals surface area (Å²) < 4.78 is 7.12. The van der Waals surface area contributed by atoms with E-state index in [0.29, 0.717) is 43.1 Å². The van der Waals surface area contributed by atoms with Crippen molar-refractivity contribution in [3.8, 4) is 0 Å². The predicted octanol–water partition coefficient (Wildman–Crippen LogP) is 0.728. The zero-order valence-corrected chi connectivity index (χ0v) is 27.7. The van der Waals surface area contributed by atoms with E-state index >= 15 is 0 Å². The van der Waals surface area contributed by atoms with Gasteiger partial charge in [-0.3, -0.25) is 4.90 Å². The summed E-state index contributed by atoms with van der Waals surface area (Å²) >= 11 is 0. The van der Waals surface area contributed by atoms with Crippen LogP contribution in [0.15, 0.2) is 40.4 Å². The predicted molar refractivity (Wildman–Crippen MR) is 172 cm³/mol. The fourth-order valence-corrected chi connectivity index (χ4v) is 13.9. The molecule has 8 aliphatic rings. The number of aliphatic hydroxyl groups is 2. The van der Waals surface area contributed by atoms with E-state index in [-0.39, 0.29) is 46.9 Å². The summed E-state index contributed by atoms with van der Waals surface area (Å²) in [5, 5.41) is 40.4. The maximum absolute atomic E-state index is 13.6. The molecule has 6 aliphatic carbocycles. The number of quaternary nitrogens is 1. The molecule has 9 nitrogen and oxygen atoms in total. The Labute approximate surface area is 273 Å². The Morgan fingerprint density at radius 2 is 1.96 bits per heavy atom. The van der Waals surface area contributed by atoms with E-state index in [0.717, 1.165) is 76.6 Å². The molecule has 0 amide bonds. The Hall–Kier alpha value is -2.04. The Morgan fingerprint density at radius 3 is 2.74 bits per heavy atom. The van der Waals surface area contributed by atoms with Gasteiger partial charge in [0.15, 0.2) is 0 Å². The highest BCUT2D eigenvalue weighted by Gasteiger charge is 2.84. The summed E-state index contributed by atoms with van der Waals surface area (Å²) in [5.74, 6) is 0.789. The lowest BCUT2D eigenvalue weighted by atomic mass is 9.34. The Morgan fingerprint density at radius 1 is 1.15 bits per heavy atom. The minimum Gasteiger partial charge on any atom is -0.545 e. The number of nitrogens with zero attached hydrogens (tertiary/aromatic N) is 1. The topological polar surface area (TPSA) is 145 Å². The monoisotopic (exact) mass is 634 g/mol. The summed E-state index contributed by atoms with van der Waals surface area (Å²) in [6.45, 7) is 5.39. The molecule has 9 heteroatoms. The molecular formula is C37H54N4O5. The van der Waals surface area contributed by atoms with Crippen molar-refractivity contribution in [1.29, 1.82) is 0 Å². The Bertz CT molecular complexity index is 1390. The van der Waals surface area contributed by atoms with Gasteiger partial charge in [-0.25, -0.2) is 4.99 Å². The highest BCUT2D eigenvalue weighted by molar-refractivity contribution is 5.91. The number of rotatable bonds is 6. The zero-order chi connectivity index (χ0) is 32.1. The van der Waals surface area contributed by atoms with Crippen molar-refractivity contribution in [1.82, 2.24) is 5.32 Å². The number of ether oxygens (including phenoxy) is 1. The van der Waals surface area contributed by atoms with Gasteiger partial charge in [0.05, 0.1) is 37.9 Å². The largest absolute Gasteiger partial charge is 0.545 e. The second-order valence-corrected chi connectivity index (χ2v) is 16.4. The molecule has 2 aliphatic heterocycles. The lowest BCUT2D eigenvalue weighted by Gasteiger charge is -2.71. The first-order chi connectivity index (χ1) is 22.2. The number of carbonyl (C=O) groups excluding carboxylic acids is 1. The number of hydrogen-bond acceptors (Lipinski definition) is 7. The number of hydrogen-bond donors (Lipinski definition) is 5. The lowest BCUT2D eigenvalue weighted by molar-refractivity contribution is -0.832. The minimum absolute atomic E-state index is 0.0142. The maximum Gasteiger partial charge on any atom is 0.293 e. The molecule has 0 aromatic rings. The van der Waals surface area contributed by atoms with Crippen LogP contribution in [0.4, 0.5) is 0 Å². The molecule has 13 atom stereocenters. The van der Waals surface area contributed by atoms with E-state index in [1.54, 1.807) is 7.05 Å². The molecule has 2 heterocycles. The minimum atomic E-state index is -1.60. The van der Waals surface area contributed by atoms with Gasteiger partial charge in [0, 0.05) is 60.2 Å². The van der Waals surface area contributed by atoms with Crippen molar-refractivity contribution in [3.63, 3.8) is 0 Å². The summed E-state index contributed by atoms with van der Waals surface area (Å²) in [6.07, 6.45) is 17.5. The molecule has 8 rings (SSSR count). The van der Waals surface area contributed by atoms with Crippen LogP contribution in [0, 0.1) is 51.8 Å².